The van der Waals surface area contributed by atoms with E-state index in [1.54, 1.807) is 30.4 Å². The van der Waals surface area contributed by atoms with Crippen molar-refractivity contribution in [2.24, 2.45) is 12.1 Å². The molecular formula is C21H24N4O6S. The quantitative estimate of drug-likeness (QED) is 0.251. The summed E-state index contributed by atoms with van der Waals surface area (Å²) in [6, 6.07) is 15.0. The van der Waals surface area contributed by atoms with Gasteiger partial charge >= 0.3 is 0 Å². The number of hydrazone groups is 1. The molecule has 0 spiro atoms. The van der Waals surface area contributed by atoms with E-state index in [0.29, 0.717) is 17.6 Å². The van der Waals surface area contributed by atoms with E-state index in [4.69, 9.17) is 5.26 Å². The van der Waals surface area contributed by atoms with Crippen LogP contribution in [0.25, 0.3) is 10.9 Å². The summed E-state index contributed by atoms with van der Waals surface area (Å²) in [5.74, 6) is -0.145. The molecule has 0 aliphatic carbocycles. The number of carbonyl (C=O) groups excluding carboxylic acids is 1. The third kappa shape index (κ3) is 7.01. The van der Waals surface area contributed by atoms with Crippen molar-refractivity contribution in [1.82, 2.24) is 0 Å². The molecule has 2 aromatic carbocycles. The second-order valence-electron chi connectivity index (χ2n) is 6.82. The molecule has 0 radical (unpaired) electrons. The first kappa shape index (κ1) is 24.7. The van der Waals surface area contributed by atoms with Crippen LogP contribution in [0, 0.1) is 0 Å². The second-order valence-corrected chi connectivity index (χ2v) is 8.37. The number of carbonyl (C=O) groups is 1. The lowest BCUT2D eigenvalue weighted by molar-refractivity contribution is -0.644. The summed E-state index contributed by atoms with van der Waals surface area (Å²) in [6.45, 7) is 1.42. The van der Waals surface area contributed by atoms with Crippen molar-refractivity contribution in [2.45, 2.75) is 6.92 Å². The Bertz CT molecular complexity index is 1240. The minimum atomic E-state index is -3.72. The number of amides is 1. The number of benzene rings is 2. The van der Waals surface area contributed by atoms with Gasteiger partial charge in [0.1, 0.15) is 18.5 Å². The van der Waals surface area contributed by atoms with Crippen LogP contribution in [0.3, 0.4) is 0 Å². The third-order valence-corrected chi connectivity index (χ3v) is 4.46. The number of aryl methyl sites for hydroxylation is 1. The average Bonchev–Trinajstić information content (AvgIpc) is 2.73. The molecule has 0 saturated carbocycles. The fourth-order valence-corrected chi connectivity index (χ4v) is 2.79. The maximum atomic E-state index is 11.1. The molecule has 1 heterocycles. The molecule has 3 rings (SSSR count). The predicted molar refractivity (Wildman–Crippen MR) is 119 cm³/mol. The first-order valence-corrected chi connectivity index (χ1v) is 11.1. The number of phenols is 1. The Labute approximate surface area is 186 Å². The highest BCUT2D eigenvalue weighted by Crippen LogP contribution is 2.29. The van der Waals surface area contributed by atoms with Crippen molar-refractivity contribution in [3.8, 4) is 5.75 Å². The van der Waals surface area contributed by atoms with Crippen LogP contribution in [0.15, 0.2) is 59.8 Å². The van der Waals surface area contributed by atoms with Gasteiger partial charge in [-0.25, -0.2) is 13.0 Å². The van der Waals surface area contributed by atoms with Gasteiger partial charge in [0.05, 0.1) is 17.9 Å². The Hall–Kier alpha value is -3.54. The molecule has 11 heteroatoms. The van der Waals surface area contributed by atoms with Crippen molar-refractivity contribution >= 4 is 44.5 Å². The zero-order chi connectivity index (χ0) is 23.9. The highest BCUT2D eigenvalue weighted by atomic mass is 32.2. The number of nitrogens with one attached hydrogen (secondary N) is 1. The summed E-state index contributed by atoms with van der Waals surface area (Å²) in [4.78, 5) is 11.1. The van der Waals surface area contributed by atoms with Crippen LogP contribution in [0.2, 0.25) is 0 Å². The molecular weight excluding hydrogens is 436 g/mol. The molecule has 2 N–H and O–H groups in total. The molecule has 170 valence electrons. The number of nitrogens with zero attached hydrogens (tertiary/aromatic N) is 3. The number of anilines is 2. The molecule has 0 atom stereocenters. The van der Waals surface area contributed by atoms with Gasteiger partial charge in [-0.15, -0.1) is 0 Å². The summed E-state index contributed by atoms with van der Waals surface area (Å²) in [5, 5.41) is 28.8. The van der Waals surface area contributed by atoms with Gasteiger partial charge in [0.15, 0.2) is 6.20 Å². The van der Waals surface area contributed by atoms with E-state index in [2.05, 4.69) is 31.5 Å². The van der Waals surface area contributed by atoms with Crippen LogP contribution < -0.4 is 20.2 Å². The lowest BCUT2D eigenvalue weighted by Crippen LogP contribution is -2.28. The molecule has 0 unspecified atom stereocenters. The summed E-state index contributed by atoms with van der Waals surface area (Å²) < 4.78 is 23.6. The van der Waals surface area contributed by atoms with Gasteiger partial charge in [0.2, 0.25) is 11.4 Å². The summed E-state index contributed by atoms with van der Waals surface area (Å²) in [7, 11) is 0.0451. The van der Waals surface area contributed by atoms with Gasteiger partial charge in [-0.2, -0.15) is 5.10 Å². The molecule has 0 saturated heterocycles. The zero-order valence-electron chi connectivity index (χ0n) is 18.0. The van der Waals surface area contributed by atoms with Gasteiger partial charge in [0.25, 0.3) is 10.1 Å². The van der Waals surface area contributed by atoms with Crippen LogP contribution in [0.4, 0.5) is 11.4 Å². The smallest absolute Gasteiger partial charge is 0.255 e. The fourth-order valence-electron chi connectivity index (χ4n) is 2.79. The van der Waals surface area contributed by atoms with Crippen molar-refractivity contribution in [3.63, 3.8) is 0 Å². The van der Waals surface area contributed by atoms with E-state index in [0.717, 1.165) is 16.5 Å². The van der Waals surface area contributed by atoms with Crippen molar-refractivity contribution in [2.75, 3.05) is 23.6 Å². The zero-order valence-corrected chi connectivity index (χ0v) is 18.8. The van der Waals surface area contributed by atoms with Crippen molar-refractivity contribution < 1.29 is 32.5 Å². The first-order valence-electron chi connectivity index (χ1n) is 9.29. The van der Waals surface area contributed by atoms with E-state index < -0.39 is 10.1 Å². The van der Waals surface area contributed by atoms with E-state index in [1.165, 1.54) is 13.0 Å². The predicted octanol–water partition coefficient (Wildman–Crippen LogP) is 1.04. The number of phenolic OH excluding ortho intramolecular Hbond substituents is 1. The normalized spacial score (nSPS) is 11.2. The Balaban J connectivity index is 0.000000534. The molecule has 0 aliphatic heterocycles. The van der Waals surface area contributed by atoms with Crippen molar-refractivity contribution in [1.29, 1.82) is 0 Å². The number of aromatic nitrogens is 1. The maximum absolute atomic E-state index is 11.1. The number of pyridine rings is 1. The van der Waals surface area contributed by atoms with Crippen LogP contribution in [-0.4, -0.2) is 38.9 Å². The molecule has 1 amide bonds. The Morgan fingerprint density at radius 2 is 1.91 bits per heavy atom. The lowest BCUT2D eigenvalue weighted by atomic mass is 10.1. The van der Waals surface area contributed by atoms with Gasteiger partial charge in [0, 0.05) is 43.4 Å². The summed E-state index contributed by atoms with van der Waals surface area (Å²) >= 11 is 0. The Kier molecular flexibility index (Phi) is 8.24. The maximum Gasteiger partial charge on any atom is 0.255 e. The van der Waals surface area contributed by atoms with Gasteiger partial charge in [-0.05, 0) is 18.2 Å². The minimum Gasteiger partial charge on any atom is -0.707 e. The SMILES string of the molecule is CC(=O)Nc1ccc(N(C)/N=C\c2cc[n+](C)c3ccccc23)c(O)c1.CS(=O)(=O)O[O-]. The largest absolute Gasteiger partial charge is 0.707 e. The van der Waals surface area contributed by atoms with Gasteiger partial charge in [-0.3, -0.25) is 9.80 Å². The topological polar surface area (TPSA) is 135 Å². The average molecular weight is 461 g/mol. The standard InChI is InChI=1S/C20H20N4O2.CH4O4S/c1-14(25)22-16-8-9-19(20(26)12-16)24(3)21-13-15-10-11-23(2)18-7-5-4-6-17(15)18;1-6(3,4)5-2/h4-13H,1-3H3,(H-,21,22,25,26);2H,1H3. The number of aromatic hydroxyl groups is 1. The Morgan fingerprint density at radius 3 is 2.50 bits per heavy atom. The molecule has 1 aromatic heterocycles. The molecule has 0 aliphatic rings. The van der Waals surface area contributed by atoms with Crippen LogP contribution in [0.1, 0.15) is 12.5 Å². The van der Waals surface area contributed by atoms with E-state index >= 15 is 0 Å². The van der Waals surface area contributed by atoms with Gasteiger partial charge < -0.3 is 20.0 Å². The van der Waals surface area contributed by atoms with E-state index in [1.807, 2.05) is 31.4 Å². The summed E-state index contributed by atoms with van der Waals surface area (Å²) in [6.07, 6.45) is 4.44. The fraction of sp³-hybridized carbons (Fsp3) is 0.190. The van der Waals surface area contributed by atoms with E-state index in [-0.39, 0.29) is 11.7 Å². The van der Waals surface area contributed by atoms with E-state index in [9.17, 15) is 18.3 Å². The first-order chi connectivity index (χ1) is 15.0. The highest BCUT2D eigenvalue weighted by Gasteiger charge is 2.10. The highest BCUT2D eigenvalue weighted by molar-refractivity contribution is 7.85. The molecule has 0 fully saturated rings. The summed E-state index contributed by atoms with van der Waals surface area (Å²) in [5.41, 5.74) is 3.18. The molecule has 3 aromatic rings. The minimum absolute atomic E-state index is 0.0419. The lowest BCUT2D eigenvalue weighted by Gasteiger charge is -2.15. The number of hydrogen-bond acceptors (Lipinski definition) is 8. The van der Waals surface area contributed by atoms with Gasteiger partial charge in [-0.1, -0.05) is 12.1 Å². The number of para-hydroxylation sites is 1. The monoisotopic (exact) mass is 460 g/mol. The number of hydrogen-bond donors (Lipinski definition) is 2. The molecule has 0 bridgehead atoms. The molecule has 32 heavy (non-hydrogen) atoms. The van der Waals surface area contributed by atoms with Crippen molar-refractivity contribution in [3.05, 3.63) is 60.3 Å². The number of fused-ring (bicyclic) bond motifs is 1. The Morgan fingerprint density at radius 1 is 1.25 bits per heavy atom. The number of rotatable bonds is 5. The second kappa shape index (κ2) is 10.7. The van der Waals surface area contributed by atoms with Crippen LogP contribution in [-0.2, 0) is 26.3 Å². The third-order valence-electron chi connectivity index (χ3n) is 4.21. The van der Waals surface area contributed by atoms with Crippen LogP contribution in [0.5, 0.6) is 5.75 Å². The van der Waals surface area contributed by atoms with Crippen LogP contribution >= 0.6 is 0 Å². The molecule has 10 nitrogen and oxygen atoms in total.